The second kappa shape index (κ2) is 11.0. The Morgan fingerprint density at radius 3 is 2.37 bits per heavy atom. The zero-order chi connectivity index (χ0) is 25.6. The fourth-order valence-electron chi connectivity index (χ4n) is 3.29. The smallest absolute Gasteiger partial charge is 0.308 e. The minimum absolute atomic E-state index is 0.146. The fraction of sp³-hybridized carbons (Fsp3) is 0.200. The van der Waals surface area contributed by atoms with Gasteiger partial charge in [-0.15, -0.1) is 0 Å². The van der Waals surface area contributed by atoms with Gasteiger partial charge in [0.1, 0.15) is 5.82 Å². The van der Waals surface area contributed by atoms with Crippen LogP contribution in [0.1, 0.15) is 11.1 Å². The molecule has 0 atom stereocenters. The Labute approximate surface area is 199 Å². The van der Waals surface area contributed by atoms with Crippen LogP contribution in [0.15, 0.2) is 66.7 Å². The molecule has 0 radical (unpaired) electrons. The van der Waals surface area contributed by atoms with E-state index in [1.807, 2.05) is 6.07 Å². The third kappa shape index (κ3) is 6.56. The molecule has 0 aliphatic rings. The van der Waals surface area contributed by atoms with Crippen LogP contribution < -0.4 is 10.2 Å². The fourth-order valence-corrected chi connectivity index (χ4v) is 3.29. The highest BCUT2D eigenvalue weighted by Crippen LogP contribution is 2.33. The van der Waals surface area contributed by atoms with Gasteiger partial charge < -0.3 is 10.2 Å². The number of hydroxylamine groups is 2. The van der Waals surface area contributed by atoms with E-state index in [1.54, 1.807) is 49.5 Å². The van der Waals surface area contributed by atoms with E-state index >= 15 is 0 Å². The molecule has 0 aromatic heterocycles. The summed E-state index contributed by atoms with van der Waals surface area (Å²) < 4.78 is 52.8. The van der Waals surface area contributed by atoms with E-state index in [2.05, 4.69) is 11.4 Å². The summed E-state index contributed by atoms with van der Waals surface area (Å²) in [4.78, 5) is 19.5. The molecule has 6 nitrogen and oxygen atoms in total. The van der Waals surface area contributed by atoms with Crippen LogP contribution in [-0.2, 0) is 11.0 Å². The molecule has 3 rings (SSSR count). The summed E-state index contributed by atoms with van der Waals surface area (Å²) in [6, 6.07) is 17.6. The summed E-state index contributed by atoms with van der Waals surface area (Å²) in [5.41, 5.74) is 0.951. The number of anilines is 2. The number of benzene rings is 3. The third-order valence-corrected chi connectivity index (χ3v) is 5.22. The first-order valence-corrected chi connectivity index (χ1v) is 10.4. The van der Waals surface area contributed by atoms with Crippen molar-refractivity contribution in [2.45, 2.75) is 6.18 Å². The van der Waals surface area contributed by atoms with E-state index in [-0.39, 0.29) is 12.2 Å². The molecule has 2 amide bonds. The van der Waals surface area contributed by atoms with Crippen molar-refractivity contribution in [3.8, 4) is 17.2 Å². The lowest BCUT2D eigenvalue weighted by Crippen LogP contribution is -2.40. The van der Waals surface area contributed by atoms with E-state index < -0.39 is 23.6 Å². The Kier molecular flexibility index (Phi) is 8.06. The SMILES string of the molecule is CON(C)CCN(C(=O)Nc1ccc(F)c(C(F)(F)F)c1)c1ccc(-c2cccc(C#N)c2)cc1. The predicted octanol–water partition coefficient (Wildman–Crippen LogP) is 5.91. The van der Waals surface area contributed by atoms with Gasteiger partial charge in [-0.1, -0.05) is 24.3 Å². The first kappa shape index (κ1) is 25.7. The summed E-state index contributed by atoms with van der Waals surface area (Å²) in [5.74, 6) is -1.43. The van der Waals surface area contributed by atoms with E-state index in [0.717, 1.165) is 17.2 Å². The van der Waals surface area contributed by atoms with Gasteiger partial charge in [-0.05, 0) is 53.6 Å². The molecular formula is C25H22F4N4O2. The standard InChI is InChI=1S/C25H22F4N4O2/c1-32(35-2)12-13-33(24(34)31-20-8-11-23(26)22(15-20)25(27,28)29)21-9-6-18(7-10-21)19-5-3-4-17(14-19)16-30/h3-11,14-15H,12-13H2,1-2H3,(H,31,34). The minimum atomic E-state index is -4.90. The van der Waals surface area contributed by atoms with E-state index in [1.165, 1.54) is 17.1 Å². The van der Waals surface area contributed by atoms with Crippen molar-refractivity contribution in [2.24, 2.45) is 0 Å². The van der Waals surface area contributed by atoms with Crippen LogP contribution in [0.2, 0.25) is 0 Å². The summed E-state index contributed by atoms with van der Waals surface area (Å²) in [6.07, 6.45) is -4.90. The van der Waals surface area contributed by atoms with Crippen molar-refractivity contribution < 1.29 is 27.2 Å². The quantitative estimate of drug-likeness (QED) is 0.333. The number of nitrogens with zero attached hydrogens (tertiary/aromatic N) is 3. The topological polar surface area (TPSA) is 68.6 Å². The number of carbonyl (C=O) groups excluding carboxylic acids is 1. The molecule has 0 spiro atoms. The average Bonchev–Trinajstić information content (AvgIpc) is 2.84. The van der Waals surface area contributed by atoms with Crippen LogP contribution in [0.4, 0.5) is 33.7 Å². The third-order valence-electron chi connectivity index (χ3n) is 5.22. The number of alkyl halides is 3. The number of likely N-dealkylation sites (N-methyl/N-ethyl adjacent to an activating group) is 1. The van der Waals surface area contributed by atoms with Gasteiger partial charge in [0.15, 0.2) is 0 Å². The van der Waals surface area contributed by atoms with Crippen molar-refractivity contribution >= 4 is 17.4 Å². The molecule has 0 saturated carbocycles. The maximum Gasteiger partial charge on any atom is 0.419 e. The van der Waals surface area contributed by atoms with Crippen LogP contribution in [0.25, 0.3) is 11.1 Å². The van der Waals surface area contributed by atoms with Crippen LogP contribution in [0, 0.1) is 17.1 Å². The first-order chi connectivity index (χ1) is 16.6. The molecule has 3 aromatic rings. The summed E-state index contributed by atoms with van der Waals surface area (Å²) in [6.45, 7) is 0.444. The van der Waals surface area contributed by atoms with Crippen molar-refractivity contribution in [3.05, 3.63) is 83.7 Å². The number of halogens is 4. The maximum atomic E-state index is 13.6. The summed E-state index contributed by atoms with van der Waals surface area (Å²) >= 11 is 0. The van der Waals surface area contributed by atoms with Gasteiger partial charge in [0.2, 0.25) is 0 Å². The highest BCUT2D eigenvalue weighted by Gasteiger charge is 2.34. The van der Waals surface area contributed by atoms with Gasteiger partial charge in [0.25, 0.3) is 0 Å². The number of urea groups is 1. The van der Waals surface area contributed by atoms with E-state index in [0.29, 0.717) is 29.9 Å². The second-order valence-corrected chi connectivity index (χ2v) is 7.55. The largest absolute Gasteiger partial charge is 0.419 e. The van der Waals surface area contributed by atoms with Gasteiger partial charge in [-0.25, -0.2) is 9.18 Å². The minimum Gasteiger partial charge on any atom is -0.308 e. The van der Waals surface area contributed by atoms with Crippen molar-refractivity contribution in [3.63, 3.8) is 0 Å². The average molecular weight is 486 g/mol. The molecule has 0 saturated heterocycles. The summed E-state index contributed by atoms with van der Waals surface area (Å²) in [7, 11) is 3.13. The number of carbonyl (C=O) groups is 1. The Balaban J connectivity index is 1.87. The Bertz CT molecular complexity index is 1220. The lowest BCUT2D eigenvalue weighted by Gasteiger charge is -2.25. The highest BCUT2D eigenvalue weighted by atomic mass is 19.4. The molecule has 0 heterocycles. The molecule has 0 unspecified atom stereocenters. The number of amides is 2. The predicted molar refractivity (Wildman–Crippen MR) is 124 cm³/mol. The van der Waals surface area contributed by atoms with Crippen LogP contribution in [0.3, 0.4) is 0 Å². The van der Waals surface area contributed by atoms with Gasteiger partial charge in [0.05, 0.1) is 24.3 Å². The molecule has 0 aliphatic heterocycles. The molecule has 10 heteroatoms. The summed E-state index contributed by atoms with van der Waals surface area (Å²) in [5, 5.41) is 13.0. The van der Waals surface area contributed by atoms with Gasteiger partial charge in [-0.2, -0.15) is 23.5 Å². The van der Waals surface area contributed by atoms with Gasteiger partial charge in [0, 0.05) is 31.5 Å². The zero-order valence-electron chi connectivity index (χ0n) is 18.9. The molecule has 0 bridgehead atoms. The number of hydrogen-bond acceptors (Lipinski definition) is 4. The van der Waals surface area contributed by atoms with Crippen molar-refractivity contribution in [1.82, 2.24) is 5.06 Å². The molecular weight excluding hydrogens is 464 g/mol. The van der Waals surface area contributed by atoms with Crippen LogP contribution in [-0.4, -0.2) is 38.3 Å². The second-order valence-electron chi connectivity index (χ2n) is 7.55. The van der Waals surface area contributed by atoms with Crippen LogP contribution >= 0.6 is 0 Å². The van der Waals surface area contributed by atoms with Gasteiger partial charge in [-0.3, -0.25) is 4.90 Å². The van der Waals surface area contributed by atoms with Crippen LogP contribution in [0.5, 0.6) is 0 Å². The zero-order valence-corrected chi connectivity index (χ0v) is 18.9. The number of nitrogens with one attached hydrogen (secondary N) is 1. The van der Waals surface area contributed by atoms with Gasteiger partial charge >= 0.3 is 12.2 Å². The van der Waals surface area contributed by atoms with E-state index in [9.17, 15) is 22.4 Å². The molecule has 1 N–H and O–H groups in total. The Morgan fingerprint density at radius 1 is 1.03 bits per heavy atom. The molecule has 35 heavy (non-hydrogen) atoms. The molecule has 3 aromatic carbocycles. The molecule has 182 valence electrons. The van der Waals surface area contributed by atoms with Crippen molar-refractivity contribution in [1.29, 1.82) is 5.26 Å². The first-order valence-electron chi connectivity index (χ1n) is 10.4. The lowest BCUT2D eigenvalue weighted by atomic mass is 10.0. The lowest BCUT2D eigenvalue weighted by molar-refractivity contribution is -0.139. The Morgan fingerprint density at radius 2 is 1.74 bits per heavy atom. The normalized spacial score (nSPS) is 11.3. The number of hydrogen-bond donors (Lipinski definition) is 1. The highest BCUT2D eigenvalue weighted by molar-refractivity contribution is 6.02. The Hall–Kier alpha value is -3.94. The number of nitriles is 1. The van der Waals surface area contributed by atoms with E-state index in [4.69, 9.17) is 10.1 Å². The monoisotopic (exact) mass is 486 g/mol. The molecule has 0 fully saturated rings. The maximum absolute atomic E-state index is 13.6. The molecule has 0 aliphatic carbocycles. The van der Waals surface area contributed by atoms with Crippen molar-refractivity contribution in [2.75, 3.05) is 37.5 Å². The number of rotatable bonds is 7.